The maximum atomic E-state index is 5.45. The topological polar surface area (TPSA) is 46.8 Å². The van der Waals surface area contributed by atoms with Crippen molar-refractivity contribution in [2.45, 2.75) is 90.1 Å². The zero-order valence-corrected chi connectivity index (χ0v) is 18.6. The Labute approximate surface area is 177 Å². The summed E-state index contributed by atoms with van der Waals surface area (Å²) in [5, 5.41) is 0. The van der Waals surface area contributed by atoms with Gasteiger partial charge in [0.15, 0.2) is 0 Å². The van der Waals surface area contributed by atoms with E-state index in [4.69, 9.17) is 18.9 Å². The zero-order chi connectivity index (χ0) is 20.5. The molecule has 0 N–H and O–H groups in total. The van der Waals surface area contributed by atoms with Gasteiger partial charge in [0.25, 0.3) is 0 Å². The molecule has 5 unspecified atom stereocenters. The number of unbranched alkanes of at least 4 members (excludes halogenated alkanes) is 1. The molecule has 0 aromatic heterocycles. The summed E-state index contributed by atoms with van der Waals surface area (Å²) < 4.78 is 20.8. The molecule has 1 aromatic carbocycles. The molecule has 1 aromatic rings. The van der Waals surface area contributed by atoms with E-state index in [1.54, 1.807) is 0 Å². The predicted octanol–water partition coefficient (Wildman–Crippen LogP) is 5.62. The van der Waals surface area contributed by atoms with Gasteiger partial charge in [0, 0.05) is 6.61 Å². The van der Waals surface area contributed by atoms with Crippen molar-refractivity contribution in [3.05, 3.63) is 35.4 Å². The first-order valence-corrected chi connectivity index (χ1v) is 11.7. The highest BCUT2D eigenvalue weighted by Crippen LogP contribution is 2.40. The van der Waals surface area contributed by atoms with Crippen molar-refractivity contribution in [3.63, 3.8) is 0 Å². The number of hydrogen-bond donors (Lipinski definition) is 0. The molecular weight excluding hydrogens is 364 g/mol. The number of epoxide rings is 3. The Bertz CT molecular complexity index is 565. The lowest BCUT2D eigenvalue weighted by Gasteiger charge is -2.17. The van der Waals surface area contributed by atoms with Crippen LogP contribution in [0.2, 0.25) is 0 Å². The molecular formula is C25H40O4. The van der Waals surface area contributed by atoms with E-state index in [0.717, 1.165) is 32.3 Å². The molecule has 0 spiro atoms. The first-order chi connectivity index (χ1) is 14.2. The van der Waals surface area contributed by atoms with Crippen LogP contribution in [0.3, 0.4) is 0 Å². The maximum Gasteiger partial charge on any atom is 0.106 e. The van der Waals surface area contributed by atoms with Gasteiger partial charge < -0.3 is 18.9 Å². The van der Waals surface area contributed by atoms with E-state index in [-0.39, 0.29) is 0 Å². The fourth-order valence-electron chi connectivity index (χ4n) is 3.80. The van der Waals surface area contributed by atoms with Crippen LogP contribution in [0.15, 0.2) is 24.3 Å². The van der Waals surface area contributed by atoms with Crippen molar-refractivity contribution >= 4 is 0 Å². The Morgan fingerprint density at radius 2 is 1.72 bits per heavy atom. The van der Waals surface area contributed by atoms with Crippen LogP contribution in [0.1, 0.15) is 76.0 Å². The highest BCUT2D eigenvalue weighted by molar-refractivity contribution is 5.24. The van der Waals surface area contributed by atoms with Gasteiger partial charge in [-0.3, -0.25) is 0 Å². The van der Waals surface area contributed by atoms with Crippen LogP contribution in [0.25, 0.3) is 0 Å². The Kier molecular flexibility index (Phi) is 9.44. The van der Waals surface area contributed by atoms with Crippen LogP contribution in [-0.2, 0) is 18.9 Å². The molecule has 3 saturated heterocycles. The average Bonchev–Trinajstić information content (AvgIpc) is 3.58. The highest BCUT2D eigenvalue weighted by Gasteiger charge is 2.43. The van der Waals surface area contributed by atoms with E-state index < -0.39 is 0 Å². The molecule has 29 heavy (non-hydrogen) atoms. The van der Waals surface area contributed by atoms with Gasteiger partial charge in [-0.2, -0.15) is 0 Å². The van der Waals surface area contributed by atoms with Gasteiger partial charge in [-0.15, -0.1) is 0 Å². The molecule has 3 aliphatic heterocycles. The molecule has 4 fully saturated rings. The molecule has 1 aliphatic carbocycles. The molecule has 4 heteroatoms. The third kappa shape index (κ3) is 9.17. The van der Waals surface area contributed by atoms with Gasteiger partial charge in [0.1, 0.15) is 12.2 Å². The van der Waals surface area contributed by atoms with E-state index in [1.165, 1.54) is 56.1 Å². The predicted molar refractivity (Wildman–Crippen MR) is 116 cm³/mol. The van der Waals surface area contributed by atoms with Crippen molar-refractivity contribution in [2.24, 2.45) is 5.92 Å². The fourth-order valence-corrected chi connectivity index (χ4v) is 3.80. The minimum Gasteiger partial charge on any atom is -0.379 e. The standard InChI is InChI=1S/C9H10O.C9H16O.C7H14O2/c1-7-2-4-8(5-3-7)9-6-10-9;1-2-3-7-4-5-8-9(6-7)10-8;1-2-3-4-8-5-7-6-9-7/h2-5,9H,6H2,1H3;7-9H,2-6H2,1H3;7H,2-6H2,1H3. The monoisotopic (exact) mass is 404 g/mol. The summed E-state index contributed by atoms with van der Waals surface area (Å²) in [6, 6.07) is 8.51. The van der Waals surface area contributed by atoms with E-state index in [1.807, 2.05) is 0 Å². The van der Waals surface area contributed by atoms with Crippen LogP contribution in [-0.4, -0.2) is 44.7 Å². The fraction of sp³-hybridized carbons (Fsp3) is 0.760. The summed E-state index contributed by atoms with van der Waals surface area (Å²) in [7, 11) is 0. The van der Waals surface area contributed by atoms with Crippen molar-refractivity contribution in [2.75, 3.05) is 26.4 Å². The number of rotatable bonds is 8. The SMILES string of the molecule is CCCC1CCC2OC2C1.CCCCOCC1CO1.Cc1ccc(C2CO2)cc1. The quantitative estimate of drug-likeness (QED) is 0.417. The van der Waals surface area contributed by atoms with Crippen molar-refractivity contribution < 1.29 is 18.9 Å². The van der Waals surface area contributed by atoms with E-state index >= 15 is 0 Å². The smallest absolute Gasteiger partial charge is 0.106 e. The number of aryl methyl sites for hydroxylation is 1. The van der Waals surface area contributed by atoms with Crippen molar-refractivity contribution in [1.29, 1.82) is 0 Å². The second kappa shape index (κ2) is 12.0. The van der Waals surface area contributed by atoms with E-state index in [0.29, 0.717) is 24.4 Å². The Morgan fingerprint density at radius 1 is 0.966 bits per heavy atom. The Hall–Kier alpha value is -0.940. The molecule has 5 atom stereocenters. The summed E-state index contributed by atoms with van der Waals surface area (Å²) in [5.41, 5.74) is 2.62. The van der Waals surface area contributed by atoms with Gasteiger partial charge in [0.2, 0.25) is 0 Å². The van der Waals surface area contributed by atoms with Gasteiger partial charge >= 0.3 is 0 Å². The molecule has 1 saturated carbocycles. The third-order valence-corrected chi connectivity index (χ3v) is 5.94. The lowest BCUT2D eigenvalue weighted by atomic mass is 9.86. The largest absolute Gasteiger partial charge is 0.379 e. The van der Waals surface area contributed by atoms with Crippen molar-refractivity contribution in [1.82, 2.24) is 0 Å². The number of benzene rings is 1. The molecule has 3 heterocycles. The molecule has 0 radical (unpaired) electrons. The van der Waals surface area contributed by atoms with Gasteiger partial charge in [-0.25, -0.2) is 0 Å². The normalized spacial score (nSPS) is 30.8. The van der Waals surface area contributed by atoms with Crippen LogP contribution in [0.4, 0.5) is 0 Å². The molecule has 0 amide bonds. The van der Waals surface area contributed by atoms with E-state index in [9.17, 15) is 0 Å². The second-order valence-electron chi connectivity index (χ2n) is 8.80. The van der Waals surface area contributed by atoms with Crippen LogP contribution < -0.4 is 0 Å². The van der Waals surface area contributed by atoms with Crippen molar-refractivity contribution in [3.8, 4) is 0 Å². The summed E-state index contributed by atoms with van der Waals surface area (Å²) in [6.45, 7) is 10.1. The molecule has 4 aliphatic rings. The van der Waals surface area contributed by atoms with Gasteiger partial charge in [0.05, 0.1) is 32.0 Å². The minimum absolute atomic E-state index is 0.403. The van der Waals surface area contributed by atoms with Crippen LogP contribution in [0, 0.1) is 12.8 Å². The Balaban J connectivity index is 0.000000125. The molecule has 4 nitrogen and oxygen atoms in total. The minimum atomic E-state index is 0.403. The zero-order valence-electron chi connectivity index (χ0n) is 18.6. The lowest BCUT2D eigenvalue weighted by molar-refractivity contribution is 0.114. The number of ether oxygens (including phenoxy) is 4. The molecule has 0 bridgehead atoms. The number of hydrogen-bond acceptors (Lipinski definition) is 4. The molecule has 164 valence electrons. The maximum absolute atomic E-state index is 5.45. The van der Waals surface area contributed by atoms with Gasteiger partial charge in [-0.05, 0) is 44.1 Å². The first kappa shape index (κ1) is 22.7. The lowest BCUT2D eigenvalue weighted by Crippen LogP contribution is -2.12. The highest BCUT2D eigenvalue weighted by atomic mass is 16.6. The summed E-state index contributed by atoms with van der Waals surface area (Å²) >= 11 is 0. The second-order valence-corrected chi connectivity index (χ2v) is 8.80. The average molecular weight is 405 g/mol. The first-order valence-electron chi connectivity index (χ1n) is 11.7. The summed E-state index contributed by atoms with van der Waals surface area (Å²) in [6.07, 6.45) is 11.5. The van der Waals surface area contributed by atoms with E-state index in [2.05, 4.69) is 45.0 Å². The van der Waals surface area contributed by atoms with Gasteiger partial charge in [-0.1, -0.05) is 62.9 Å². The van der Waals surface area contributed by atoms with Crippen LogP contribution in [0.5, 0.6) is 0 Å². The number of fused-ring (bicyclic) bond motifs is 1. The third-order valence-electron chi connectivity index (χ3n) is 5.94. The Morgan fingerprint density at radius 3 is 2.31 bits per heavy atom. The molecule has 5 rings (SSSR count). The van der Waals surface area contributed by atoms with Crippen LogP contribution >= 0.6 is 0 Å². The summed E-state index contributed by atoms with van der Waals surface area (Å²) in [4.78, 5) is 0. The summed E-state index contributed by atoms with van der Waals surface area (Å²) in [5.74, 6) is 0.994.